The van der Waals surface area contributed by atoms with Crippen molar-refractivity contribution < 1.29 is 4.74 Å². The molecule has 90 valence electrons. The van der Waals surface area contributed by atoms with E-state index in [2.05, 4.69) is 43.4 Å². The van der Waals surface area contributed by atoms with Crippen molar-refractivity contribution >= 4 is 0 Å². The number of hydrogen-bond acceptors (Lipinski definition) is 3. The number of nitrogens with one attached hydrogen (secondary N) is 1. The van der Waals surface area contributed by atoms with Crippen molar-refractivity contribution in [1.82, 2.24) is 5.32 Å². The molecule has 0 saturated carbocycles. The third-order valence-electron chi connectivity index (χ3n) is 2.46. The van der Waals surface area contributed by atoms with E-state index in [0.29, 0.717) is 19.2 Å². The van der Waals surface area contributed by atoms with Crippen molar-refractivity contribution in [3.63, 3.8) is 0 Å². The van der Waals surface area contributed by atoms with Crippen LogP contribution in [-0.4, -0.2) is 19.7 Å². The predicted octanol–water partition coefficient (Wildman–Crippen LogP) is 1.83. The van der Waals surface area contributed by atoms with Gasteiger partial charge in [-0.2, -0.15) is 0 Å². The molecule has 0 spiro atoms. The van der Waals surface area contributed by atoms with E-state index in [4.69, 9.17) is 10.5 Å². The molecule has 0 aromatic heterocycles. The molecule has 0 heterocycles. The average Bonchev–Trinajstić information content (AvgIpc) is 2.27. The molecule has 0 aliphatic carbocycles. The van der Waals surface area contributed by atoms with Crippen LogP contribution in [0.1, 0.15) is 31.0 Å². The number of rotatable bonds is 6. The van der Waals surface area contributed by atoms with E-state index in [1.165, 1.54) is 11.1 Å². The first-order chi connectivity index (χ1) is 7.67. The summed E-state index contributed by atoms with van der Waals surface area (Å²) in [5, 5.41) is 3.44. The van der Waals surface area contributed by atoms with Gasteiger partial charge in [-0.05, 0) is 11.1 Å². The van der Waals surface area contributed by atoms with Gasteiger partial charge in [0.05, 0.1) is 6.61 Å². The zero-order valence-corrected chi connectivity index (χ0v) is 10.4. The third-order valence-corrected chi connectivity index (χ3v) is 2.46. The molecule has 1 rings (SSSR count). The van der Waals surface area contributed by atoms with Gasteiger partial charge >= 0.3 is 0 Å². The van der Waals surface area contributed by atoms with Crippen LogP contribution in [0.15, 0.2) is 24.3 Å². The molecule has 3 nitrogen and oxygen atoms in total. The molecule has 0 amide bonds. The second-order valence-electron chi connectivity index (χ2n) is 4.28. The van der Waals surface area contributed by atoms with Crippen molar-refractivity contribution in [2.75, 3.05) is 13.7 Å². The number of benzene rings is 1. The van der Waals surface area contributed by atoms with Crippen molar-refractivity contribution in [3.8, 4) is 0 Å². The molecule has 3 heteroatoms. The van der Waals surface area contributed by atoms with Gasteiger partial charge in [0.25, 0.3) is 0 Å². The number of methoxy groups -OCH3 is 1. The van der Waals surface area contributed by atoms with Gasteiger partial charge in [-0.15, -0.1) is 0 Å². The third kappa shape index (κ3) is 3.93. The molecule has 0 bridgehead atoms. The van der Waals surface area contributed by atoms with E-state index in [-0.39, 0.29) is 6.04 Å². The van der Waals surface area contributed by atoms with Gasteiger partial charge in [0.1, 0.15) is 0 Å². The highest BCUT2D eigenvalue weighted by Crippen LogP contribution is 2.14. The second-order valence-corrected chi connectivity index (χ2v) is 4.28. The quantitative estimate of drug-likeness (QED) is 0.772. The summed E-state index contributed by atoms with van der Waals surface area (Å²) >= 11 is 0. The Bertz CT molecular complexity index is 295. The van der Waals surface area contributed by atoms with Gasteiger partial charge in [0.2, 0.25) is 0 Å². The maximum Gasteiger partial charge on any atom is 0.0713 e. The fourth-order valence-corrected chi connectivity index (χ4v) is 1.72. The Hall–Kier alpha value is -0.900. The van der Waals surface area contributed by atoms with Gasteiger partial charge in [0, 0.05) is 25.7 Å². The highest BCUT2D eigenvalue weighted by atomic mass is 16.5. The molecule has 16 heavy (non-hydrogen) atoms. The minimum atomic E-state index is 0.233. The maximum atomic E-state index is 5.76. The first-order valence-electron chi connectivity index (χ1n) is 5.71. The number of hydrogen-bond donors (Lipinski definition) is 2. The van der Waals surface area contributed by atoms with E-state index in [9.17, 15) is 0 Å². The summed E-state index contributed by atoms with van der Waals surface area (Å²) in [6, 6.07) is 9.07. The van der Waals surface area contributed by atoms with Crippen LogP contribution in [0.3, 0.4) is 0 Å². The monoisotopic (exact) mass is 222 g/mol. The van der Waals surface area contributed by atoms with Gasteiger partial charge in [0.15, 0.2) is 0 Å². The Balaban J connectivity index is 2.70. The van der Waals surface area contributed by atoms with Crippen LogP contribution < -0.4 is 11.1 Å². The summed E-state index contributed by atoms with van der Waals surface area (Å²) in [5.74, 6) is 0. The molecule has 1 unspecified atom stereocenters. The van der Waals surface area contributed by atoms with Crippen molar-refractivity contribution in [3.05, 3.63) is 35.4 Å². The summed E-state index contributed by atoms with van der Waals surface area (Å²) in [7, 11) is 1.71. The Morgan fingerprint density at radius 1 is 1.25 bits per heavy atom. The first-order valence-corrected chi connectivity index (χ1v) is 5.71. The lowest BCUT2D eigenvalue weighted by molar-refractivity contribution is 0.185. The fourth-order valence-electron chi connectivity index (χ4n) is 1.72. The minimum absolute atomic E-state index is 0.233. The topological polar surface area (TPSA) is 47.3 Å². The summed E-state index contributed by atoms with van der Waals surface area (Å²) in [6.07, 6.45) is 0. The van der Waals surface area contributed by atoms with E-state index in [1.54, 1.807) is 7.11 Å². The lowest BCUT2D eigenvalue weighted by Gasteiger charge is -2.20. The van der Waals surface area contributed by atoms with Crippen LogP contribution in [-0.2, 0) is 11.3 Å². The van der Waals surface area contributed by atoms with Gasteiger partial charge in [-0.25, -0.2) is 0 Å². The highest BCUT2D eigenvalue weighted by Gasteiger charge is 2.09. The van der Waals surface area contributed by atoms with Crippen LogP contribution in [0.2, 0.25) is 0 Å². The summed E-state index contributed by atoms with van der Waals surface area (Å²) in [5.41, 5.74) is 8.18. The Morgan fingerprint density at radius 3 is 2.31 bits per heavy atom. The number of ether oxygens (including phenoxy) is 1. The molecule has 0 saturated heterocycles. The van der Waals surface area contributed by atoms with Crippen LogP contribution in [0, 0.1) is 0 Å². The Kier molecular flexibility index (Phi) is 5.46. The SMILES string of the molecule is COCc1ccc(C(CN)NC(C)C)cc1. The number of nitrogens with two attached hydrogens (primary N) is 1. The second kappa shape index (κ2) is 6.63. The summed E-state index contributed by atoms with van der Waals surface area (Å²) in [6.45, 7) is 5.52. The molecule has 0 aliphatic rings. The molecule has 1 atom stereocenters. The Labute approximate surface area is 98.0 Å². The normalized spacial score (nSPS) is 13.1. The lowest BCUT2D eigenvalue weighted by atomic mass is 10.0. The smallest absolute Gasteiger partial charge is 0.0713 e. The van der Waals surface area contributed by atoms with Crippen LogP contribution in [0.5, 0.6) is 0 Å². The van der Waals surface area contributed by atoms with E-state index < -0.39 is 0 Å². The lowest BCUT2D eigenvalue weighted by Crippen LogP contribution is -2.33. The van der Waals surface area contributed by atoms with E-state index in [0.717, 1.165) is 0 Å². The summed E-state index contributed by atoms with van der Waals surface area (Å²) < 4.78 is 5.08. The van der Waals surface area contributed by atoms with Crippen molar-refractivity contribution in [2.24, 2.45) is 5.73 Å². The molecular formula is C13H22N2O. The van der Waals surface area contributed by atoms with E-state index in [1.807, 2.05) is 0 Å². The highest BCUT2D eigenvalue weighted by molar-refractivity contribution is 5.25. The zero-order chi connectivity index (χ0) is 12.0. The maximum absolute atomic E-state index is 5.76. The van der Waals surface area contributed by atoms with E-state index >= 15 is 0 Å². The standard InChI is InChI=1S/C13H22N2O/c1-10(2)15-13(8-14)12-6-4-11(5-7-12)9-16-3/h4-7,10,13,15H,8-9,14H2,1-3H3. The molecule has 0 fully saturated rings. The predicted molar refractivity (Wildman–Crippen MR) is 67.2 cm³/mol. The fraction of sp³-hybridized carbons (Fsp3) is 0.538. The van der Waals surface area contributed by atoms with Gasteiger partial charge in [-0.3, -0.25) is 0 Å². The molecule has 1 aromatic carbocycles. The van der Waals surface area contributed by atoms with Gasteiger partial charge in [-0.1, -0.05) is 38.1 Å². The largest absolute Gasteiger partial charge is 0.380 e. The molecule has 3 N–H and O–H groups in total. The minimum Gasteiger partial charge on any atom is -0.380 e. The molecule has 0 aliphatic heterocycles. The molecule has 0 radical (unpaired) electrons. The van der Waals surface area contributed by atoms with Gasteiger partial charge < -0.3 is 15.8 Å². The van der Waals surface area contributed by atoms with Crippen LogP contribution >= 0.6 is 0 Å². The van der Waals surface area contributed by atoms with Crippen molar-refractivity contribution in [2.45, 2.75) is 32.5 Å². The Morgan fingerprint density at radius 2 is 1.88 bits per heavy atom. The average molecular weight is 222 g/mol. The van der Waals surface area contributed by atoms with Crippen molar-refractivity contribution in [1.29, 1.82) is 0 Å². The first kappa shape index (κ1) is 13.2. The zero-order valence-electron chi connectivity index (χ0n) is 10.4. The van der Waals surface area contributed by atoms with Crippen LogP contribution in [0.25, 0.3) is 0 Å². The van der Waals surface area contributed by atoms with Crippen LogP contribution in [0.4, 0.5) is 0 Å². The summed E-state index contributed by atoms with van der Waals surface area (Å²) in [4.78, 5) is 0. The molecular weight excluding hydrogens is 200 g/mol. The molecule has 1 aromatic rings.